The molecule has 0 aromatic rings. The highest BCUT2D eigenvalue weighted by atomic mass is 32.1. The molecule has 2 aliphatic rings. The van der Waals surface area contributed by atoms with Crippen molar-refractivity contribution in [3.05, 3.63) is 0 Å². The number of hydrogen-bond donors (Lipinski definition) is 2. The van der Waals surface area contributed by atoms with E-state index in [9.17, 15) is 4.79 Å². The molecule has 2 N–H and O–H groups in total. The van der Waals surface area contributed by atoms with Crippen LogP contribution in [0, 0.1) is 5.92 Å². The Bertz CT molecular complexity index is 377. The first kappa shape index (κ1) is 15.5. The van der Waals surface area contributed by atoms with E-state index < -0.39 is 0 Å². The summed E-state index contributed by atoms with van der Waals surface area (Å²) in [6.07, 6.45) is 1.88. The van der Waals surface area contributed by atoms with Gasteiger partial charge >= 0.3 is 0 Å². The van der Waals surface area contributed by atoms with Crippen molar-refractivity contribution < 1.29 is 4.79 Å². The molecule has 2 fully saturated rings. The minimum atomic E-state index is -0.139. The van der Waals surface area contributed by atoms with Gasteiger partial charge in [0, 0.05) is 39.0 Å². The Morgan fingerprint density at radius 1 is 1.45 bits per heavy atom. The van der Waals surface area contributed by atoms with Crippen LogP contribution in [0.2, 0.25) is 0 Å². The van der Waals surface area contributed by atoms with E-state index in [1.165, 1.54) is 0 Å². The molecule has 1 amide bonds. The van der Waals surface area contributed by atoms with Crippen LogP contribution in [0.4, 0.5) is 0 Å². The number of carbonyl (C=O) groups is 1. The smallest absolute Gasteiger partial charge is 0.238 e. The van der Waals surface area contributed by atoms with E-state index in [1.807, 2.05) is 0 Å². The fraction of sp³-hybridized carbons (Fsp3) is 0.857. The van der Waals surface area contributed by atoms with Crippen molar-refractivity contribution in [1.82, 2.24) is 20.4 Å². The first-order chi connectivity index (χ1) is 9.48. The third-order valence-electron chi connectivity index (χ3n) is 4.14. The number of nitrogens with one attached hydrogen (secondary N) is 2. The van der Waals surface area contributed by atoms with E-state index in [4.69, 9.17) is 12.2 Å². The molecule has 5 nitrogen and oxygen atoms in total. The Labute approximate surface area is 127 Å². The van der Waals surface area contributed by atoms with Gasteiger partial charge in [0.15, 0.2) is 5.11 Å². The van der Waals surface area contributed by atoms with Crippen LogP contribution >= 0.6 is 12.2 Å². The van der Waals surface area contributed by atoms with Gasteiger partial charge in [0.2, 0.25) is 5.91 Å². The summed E-state index contributed by atoms with van der Waals surface area (Å²) in [5.74, 6) is 0.734. The van der Waals surface area contributed by atoms with Gasteiger partial charge < -0.3 is 15.1 Å². The van der Waals surface area contributed by atoms with Crippen molar-refractivity contribution in [3.63, 3.8) is 0 Å². The topological polar surface area (TPSA) is 47.6 Å². The number of likely N-dealkylation sites (tertiary alicyclic amines) is 1. The molecule has 20 heavy (non-hydrogen) atoms. The average Bonchev–Trinajstić information content (AvgIpc) is 2.69. The third-order valence-corrected chi connectivity index (χ3v) is 4.54. The first-order valence-electron chi connectivity index (χ1n) is 7.57. The number of amides is 1. The fourth-order valence-corrected chi connectivity index (χ4v) is 3.43. The van der Waals surface area contributed by atoms with E-state index in [0.29, 0.717) is 12.5 Å². The van der Waals surface area contributed by atoms with Gasteiger partial charge in [-0.25, -0.2) is 0 Å². The highest BCUT2D eigenvalue weighted by Crippen LogP contribution is 2.30. The molecule has 0 aliphatic carbocycles. The molecule has 0 saturated carbocycles. The van der Waals surface area contributed by atoms with Gasteiger partial charge in [-0.2, -0.15) is 0 Å². The Hall–Kier alpha value is -0.880. The van der Waals surface area contributed by atoms with Gasteiger partial charge in [-0.15, -0.1) is 0 Å². The highest BCUT2D eigenvalue weighted by molar-refractivity contribution is 7.80. The second-order valence-electron chi connectivity index (χ2n) is 6.11. The van der Waals surface area contributed by atoms with Crippen LogP contribution in [-0.4, -0.2) is 59.2 Å². The summed E-state index contributed by atoms with van der Waals surface area (Å²) in [4.78, 5) is 16.4. The van der Waals surface area contributed by atoms with Crippen LogP contribution in [0.1, 0.15) is 33.6 Å². The Kier molecular flexibility index (Phi) is 4.86. The lowest BCUT2D eigenvalue weighted by atomic mass is 9.95. The minimum absolute atomic E-state index is 0.139. The zero-order valence-electron chi connectivity index (χ0n) is 12.7. The summed E-state index contributed by atoms with van der Waals surface area (Å²) in [6.45, 7) is 10.4. The summed E-state index contributed by atoms with van der Waals surface area (Å²) >= 11 is 5.37. The zero-order valence-corrected chi connectivity index (χ0v) is 13.6. The molecule has 0 aromatic carbocycles. The minimum Gasteiger partial charge on any atom is -0.363 e. The van der Waals surface area contributed by atoms with Crippen molar-refractivity contribution in [2.45, 2.75) is 39.3 Å². The number of nitrogens with zero attached hydrogens (tertiary/aromatic N) is 2. The fourth-order valence-electron chi connectivity index (χ4n) is 3.10. The predicted octanol–water partition coefficient (Wildman–Crippen LogP) is 0.761. The quantitative estimate of drug-likeness (QED) is 0.754. The Morgan fingerprint density at radius 2 is 2.10 bits per heavy atom. The lowest BCUT2D eigenvalue weighted by Gasteiger charge is -2.45. The molecule has 0 unspecified atom stereocenters. The van der Waals surface area contributed by atoms with Crippen molar-refractivity contribution in [2.24, 2.45) is 5.92 Å². The van der Waals surface area contributed by atoms with E-state index in [0.717, 1.165) is 44.1 Å². The number of carbonyl (C=O) groups excluding carboxylic acids is 1. The second-order valence-corrected chi connectivity index (χ2v) is 6.49. The number of hydrogen-bond acceptors (Lipinski definition) is 3. The summed E-state index contributed by atoms with van der Waals surface area (Å²) < 4.78 is 0. The van der Waals surface area contributed by atoms with Crippen LogP contribution in [0.15, 0.2) is 0 Å². The molecule has 6 heteroatoms. The maximum atomic E-state index is 12.1. The molecule has 0 bridgehead atoms. The first-order valence-corrected chi connectivity index (χ1v) is 7.97. The van der Waals surface area contributed by atoms with Crippen molar-refractivity contribution in [1.29, 1.82) is 0 Å². The molecule has 2 saturated heterocycles. The lowest BCUT2D eigenvalue weighted by molar-refractivity contribution is -0.132. The van der Waals surface area contributed by atoms with Crippen LogP contribution in [0.25, 0.3) is 0 Å². The molecule has 2 rings (SSSR count). The van der Waals surface area contributed by atoms with Gasteiger partial charge in [0.05, 0.1) is 12.2 Å². The summed E-state index contributed by atoms with van der Waals surface area (Å²) in [5.41, 5.74) is -0.139. The Morgan fingerprint density at radius 3 is 2.65 bits per heavy atom. The van der Waals surface area contributed by atoms with Gasteiger partial charge in [0.1, 0.15) is 0 Å². The summed E-state index contributed by atoms with van der Waals surface area (Å²) in [6, 6.07) is 0. The lowest BCUT2D eigenvalue weighted by Crippen LogP contribution is -2.60. The van der Waals surface area contributed by atoms with E-state index in [2.05, 4.69) is 41.2 Å². The summed E-state index contributed by atoms with van der Waals surface area (Å²) in [7, 11) is 0. The zero-order chi connectivity index (χ0) is 14.8. The molecule has 2 heterocycles. The highest BCUT2D eigenvalue weighted by Gasteiger charge is 2.46. The molecule has 0 atom stereocenters. The van der Waals surface area contributed by atoms with E-state index >= 15 is 0 Å². The third kappa shape index (κ3) is 3.06. The van der Waals surface area contributed by atoms with Crippen LogP contribution in [0.5, 0.6) is 0 Å². The van der Waals surface area contributed by atoms with Crippen molar-refractivity contribution in [2.75, 3.05) is 32.7 Å². The molecule has 0 radical (unpaired) electrons. The Balaban J connectivity index is 2.00. The summed E-state index contributed by atoms with van der Waals surface area (Å²) in [5, 5.41) is 7.49. The van der Waals surface area contributed by atoms with Gasteiger partial charge in [-0.3, -0.25) is 10.1 Å². The van der Waals surface area contributed by atoms with Crippen LogP contribution in [0.3, 0.4) is 0 Å². The molecular formula is C14H26N4OS. The standard InChI is InChI=1S/C14H26N4OS/c1-4-15-13(20)17-7-5-14(6-8-17)16-9-12(19)18(14)10-11(2)3/h11,16H,4-10H2,1-3H3,(H,15,20). The predicted molar refractivity (Wildman–Crippen MR) is 84.4 cm³/mol. The molecular weight excluding hydrogens is 272 g/mol. The van der Waals surface area contributed by atoms with E-state index in [-0.39, 0.29) is 11.6 Å². The molecule has 1 spiro atoms. The van der Waals surface area contributed by atoms with Crippen molar-refractivity contribution >= 4 is 23.2 Å². The SMILES string of the molecule is CCNC(=S)N1CCC2(CC1)NCC(=O)N2CC(C)C. The normalized spacial score (nSPS) is 21.9. The van der Waals surface area contributed by atoms with Crippen LogP contribution in [-0.2, 0) is 4.79 Å². The number of piperidine rings is 1. The molecule has 114 valence electrons. The second kappa shape index (κ2) is 6.26. The maximum Gasteiger partial charge on any atom is 0.238 e. The van der Waals surface area contributed by atoms with E-state index in [1.54, 1.807) is 0 Å². The van der Waals surface area contributed by atoms with Crippen LogP contribution < -0.4 is 10.6 Å². The van der Waals surface area contributed by atoms with Crippen molar-refractivity contribution in [3.8, 4) is 0 Å². The number of rotatable bonds is 3. The van der Waals surface area contributed by atoms with Gasteiger partial charge in [-0.05, 0) is 25.1 Å². The number of thiocarbonyl (C=S) groups is 1. The van der Waals surface area contributed by atoms with Gasteiger partial charge in [0.25, 0.3) is 0 Å². The largest absolute Gasteiger partial charge is 0.363 e. The molecule has 2 aliphatic heterocycles. The average molecular weight is 298 g/mol. The van der Waals surface area contributed by atoms with Gasteiger partial charge in [-0.1, -0.05) is 13.8 Å². The monoisotopic (exact) mass is 298 g/mol. The molecule has 0 aromatic heterocycles. The maximum absolute atomic E-state index is 12.1.